The van der Waals surface area contributed by atoms with Crippen molar-refractivity contribution in [3.63, 3.8) is 0 Å². The number of aryl methyl sites for hydroxylation is 1. The van der Waals surface area contributed by atoms with E-state index in [1.807, 2.05) is 30.3 Å². The average Bonchev–Trinajstić information content (AvgIpc) is 3.12. The van der Waals surface area contributed by atoms with E-state index in [4.69, 9.17) is 0 Å². The number of nitrogens with one attached hydrogen (secondary N) is 1. The highest BCUT2D eigenvalue weighted by molar-refractivity contribution is 5.80. The first kappa shape index (κ1) is 24.2. The lowest BCUT2D eigenvalue weighted by Gasteiger charge is -2.10. The molecule has 2 heterocycles. The van der Waals surface area contributed by atoms with Crippen LogP contribution >= 0.6 is 0 Å². The SMILES string of the molecule is Cn1c(C=Cc2ccc(C(F)(F)F)cc2)nc2c(C(F)(F)F)nc(NCCc3ccccc3)nc21. The van der Waals surface area contributed by atoms with Crippen LogP contribution in [0, 0.1) is 0 Å². The quantitative estimate of drug-likeness (QED) is 0.325. The molecule has 0 spiro atoms. The third-order valence-corrected chi connectivity index (χ3v) is 5.22. The standard InChI is InChI=1S/C24H19F6N5/c1-35-18(12-9-16-7-10-17(11-8-16)23(25,26)27)32-19-20(24(28,29)30)33-22(34-21(19)35)31-14-13-15-5-3-2-4-6-15/h2-12H,13-14H2,1H3,(H,31,33,34). The number of rotatable bonds is 6. The van der Waals surface area contributed by atoms with Gasteiger partial charge in [0.2, 0.25) is 5.95 Å². The summed E-state index contributed by atoms with van der Waals surface area (Å²) in [5, 5.41) is 2.84. The molecule has 0 amide bonds. The Morgan fingerprint density at radius 1 is 0.829 bits per heavy atom. The van der Waals surface area contributed by atoms with Crippen molar-refractivity contribution in [1.29, 1.82) is 0 Å². The molecule has 182 valence electrons. The molecule has 11 heteroatoms. The second kappa shape index (κ2) is 9.40. The van der Waals surface area contributed by atoms with Crippen molar-refractivity contribution in [2.24, 2.45) is 7.05 Å². The zero-order chi connectivity index (χ0) is 25.2. The lowest BCUT2D eigenvalue weighted by molar-refractivity contribution is -0.140. The van der Waals surface area contributed by atoms with Gasteiger partial charge in [-0.1, -0.05) is 48.5 Å². The largest absolute Gasteiger partial charge is 0.435 e. The third-order valence-electron chi connectivity index (χ3n) is 5.22. The van der Waals surface area contributed by atoms with Gasteiger partial charge >= 0.3 is 12.4 Å². The summed E-state index contributed by atoms with van der Waals surface area (Å²) in [7, 11) is 1.50. The first-order chi connectivity index (χ1) is 16.5. The van der Waals surface area contributed by atoms with Gasteiger partial charge in [0, 0.05) is 13.6 Å². The number of benzene rings is 2. The molecular formula is C24H19F6N5. The van der Waals surface area contributed by atoms with Gasteiger partial charge in [0.15, 0.2) is 11.3 Å². The lowest BCUT2D eigenvalue weighted by atomic mass is 10.1. The van der Waals surface area contributed by atoms with E-state index in [1.165, 1.54) is 35.9 Å². The Labute approximate surface area is 196 Å². The van der Waals surface area contributed by atoms with Crippen molar-refractivity contribution in [3.8, 4) is 0 Å². The summed E-state index contributed by atoms with van der Waals surface area (Å²) in [4.78, 5) is 11.9. The predicted octanol–water partition coefficient (Wildman–Crippen LogP) is 6.23. The van der Waals surface area contributed by atoms with Gasteiger partial charge in [-0.15, -0.1) is 0 Å². The Hall–Kier alpha value is -3.89. The van der Waals surface area contributed by atoms with Gasteiger partial charge < -0.3 is 9.88 Å². The molecule has 4 aromatic rings. The van der Waals surface area contributed by atoms with E-state index in [1.54, 1.807) is 0 Å². The zero-order valence-corrected chi connectivity index (χ0v) is 18.3. The monoisotopic (exact) mass is 491 g/mol. The van der Waals surface area contributed by atoms with E-state index in [9.17, 15) is 26.3 Å². The third kappa shape index (κ3) is 5.61. The first-order valence-corrected chi connectivity index (χ1v) is 10.5. The van der Waals surface area contributed by atoms with Crippen LogP contribution in [0.2, 0.25) is 0 Å². The van der Waals surface area contributed by atoms with E-state index in [-0.39, 0.29) is 17.4 Å². The molecule has 0 saturated carbocycles. The van der Waals surface area contributed by atoms with Crippen LogP contribution in [0.3, 0.4) is 0 Å². The molecule has 0 aliphatic rings. The van der Waals surface area contributed by atoms with Crippen LogP contribution in [-0.4, -0.2) is 26.1 Å². The number of hydrogen-bond acceptors (Lipinski definition) is 4. The second-order valence-corrected chi connectivity index (χ2v) is 7.71. The maximum atomic E-state index is 13.7. The number of imidazole rings is 1. The van der Waals surface area contributed by atoms with Crippen LogP contribution in [0.25, 0.3) is 23.3 Å². The normalized spacial score (nSPS) is 12.5. The smallest absolute Gasteiger partial charge is 0.354 e. The topological polar surface area (TPSA) is 55.6 Å². The highest BCUT2D eigenvalue weighted by Gasteiger charge is 2.37. The van der Waals surface area contributed by atoms with Crippen LogP contribution < -0.4 is 5.32 Å². The number of fused-ring (bicyclic) bond motifs is 1. The van der Waals surface area contributed by atoms with E-state index < -0.39 is 29.1 Å². The summed E-state index contributed by atoms with van der Waals surface area (Å²) in [5.74, 6) is -0.0387. The minimum atomic E-state index is -4.76. The van der Waals surface area contributed by atoms with Crippen LogP contribution in [0.5, 0.6) is 0 Å². The van der Waals surface area contributed by atoms with Gasteiger partial charge in [-0.3, -0.25) is 0 Å². The fourth-order valence-electron chi connectivity index (χ4n) is 3.42. The van der Waals surface area contributed by atoms with Crippen molar-refractivity contribution in [2.45, 2.75) is 18.8 Å². The average molecular weight is 491 g/mol. The lowest BCUT2D eigenvalue weighted by Crippen LogP contribution is -2.14. The minimum Gasteiger partial charge on any atom is -0.354 e. The number of aromatic nitrogens is 4. The van der Waals surface area contributed by atoms with Gasteiger partial charge in [0.05, 0.1) is 5.56 Å². The summed E-state index contributed by atoms with van der Waals surface area (Å²) in [6.07, 6.45) is -5.79. The Kier molecular flexibility index (Phi) is 6.51. The van der Waals surface area contributed by atoms with Crippen LogP contribution in [-0.2, 0) is 25.8 Å². The van der Waals surface area contributed by atoms with Crippen LogP contribution in [0.4, 0.5) is 32.3 Å². The molecule has 5 nitrogen and oxygen atoms in total. The van der Waals surface area contributed by atoms with Gasteiger partial charge in [-0.2, -0.15) is 31.3 Å². The summed E-state index contributed by atoms with van der Waals surface area (Å²) in [6.45, 7) is 0.325. The van der Waals surface area contributed by atoms with E-state index >= 15 is 0 Å². The summed E-state index contributed by atoms with van der Waals surface area (Å²) < 4.78 is 80.8. The summed E-state index contributed by atoms with van der Waals surface area (Å²) >= 11 is 0. The summed E-state index contributed by atoms with van der Waals surface area (Å²) in [6, 6.07) is 13.8. The number of halogens is 6. The van der Waals surface area contributed by atoms with Crippen LogP contribution in [0.15, 0.2) is 54.6 Å². The minimum absolute atomic E-state index is 0.0263. The molecule has 0 atom stereocenters. The number of nitrogens with zero attached hydrogens (tertiary/aromatic N) is 4. The Morgan fingerprint density at radius 2 is 1.51 bits per heavy atom. The highest BCUT2D eigenvalue weighted by Crippen LogP contribution is 2.34. The Bertz CT molecular complexity index is 1340. The zero-order valence-electron chi connectivity index (χ0n) is 18.3. The molecule has 0 saturated heterocycles. The molecule has 0 fully saturated rings. The number of alkyl halides is 6. The molecule has 0 aliphatic heterocycles. The Balaban J connectivity index is 1.62. The van der Waals surface area contributed by atoms with Gasteiger partial charge in [-0.25, -0.2) is 9.97 Å². The Morgan fingerprint density at radius 3 is 2.14 bits per heavy atom. The van der Waals surface area contributed by atoms with Crippen molar-refractivity contribution < 1.29 is 26.3 Å². The number of hydrogen-bond donors (Lipinski definition) is 1. The first-order valence-electron chi connectivity index (χ1n) is 10.5. The molecule has 2 aromatic heterocycles. The summed E-state index contributed by atoms with van der Waals surface area (Å²) in [5.41, 5.74) is -0.977. The second-order valence-electron chi connectivity index (χ2n) is 7.71. The van der Waals surface area contributed by atoms with Gasteiger partial charge in [0.25, 0.3) is 0 Å². The maximum absolute atomic E-state index is 13.7. The van der Waals surface area contributed by atoms with Crippen molar-refractivity contribution in [2.75, 3.05) is 11.9 Å². The molecule has 35 heavy (non-hydrogen) atoms. The van der Waals surface area contributed by atoms with E-state index in [2.05, 4.69) is 20.3 Å². The molecule has 0 radical (unpaired) electrons. The van der Waals surface area contributed by atoms with Crippen molar-refractivity contribution in [1.82, 2.24) is 19.5 Å². The fraction of sp³-hybridized carbons (Fsp3) is 0.208. The van der Waals surface area contributed by atoms with Gasteiger partial charge in [-0.05, 0) is 35.8 Å². The van der Waals surface area contributed by atoms with Crippen LogP contribution in [0.1, 0.15) is 28.2 Å². The fourth-order valence-corrected chi connectivity index (χ4v) is 3.42. The van der Waals surface area contributed by atoms with E-state index in [0.717, 1.165) is 17.7 Å². The predicted molar refractivity (Wildman–Crippen MR) is 120 cm³/mol. The molecule has 2 aromatic carbocycles. The molecular weight excluding hydrogens is 472 g/mol. The maximum Gasteiger partial charge on any atom is 0.435 e. The molecule has 1 N–H and O–H groups in total. The molecule has 0 aliphatic carbocycles. The van der Waals surface area contributed by atoms with Crippen molar-refractivity contribution >= 4 is 29.3 Å². The molecule has 0 bridgehead atoms. The van der Waals surface area contributed by atoms with E-state index in [0.29, 0.717) is 18.5 Å². The molecule has 0 unspecified atom stereocenters. The van der Waals surface area contributed by atoms with Gasteiger partial charge in [0.1, 0.15) is 11.3 Å². The van der Waals surface area contributed by atoms with Crippen molar-refractivity contribution in [3.05, 3.63) is 82.8 Å². The molecule has 4 rings (SSSR count). The number of anilines is 1. The highest BCUT2D eigenvalue weighted by atomic mass is 19.4.